The maximum absolute atomic E-state index is 12.1. The third-order valence-corrected chi connectivity index (χ3v) is 4.47. The second-order valence-electron chi connectivity index (χ2n) is 5.90. The Balaban J connectivity index is 1.89. The van der Waals surface area contributed by atoms with Crippen molar-refractivity contribution in [2.75, 3.05) is 13.2 Å². The number of amides is 1. The zero-order valence-corrected chi connectivity index (χ0v) is 11.9. The third-order valence-electron chi connectivity index (χ3n) is 4.47. The van der Waals surface area contributed by atoms with Gasteiger partial charge in [-0.3, -0.25) is 4.79 Å². The van der Waals surface area contributed by atoms with Gasteiger partial charge in [0.1, 0.15) is 0 Å². The van der Waals surface area contributed by atoms with Crippen LogP contribution < -0.4 is 11.1 Å². The molecular weight excluding hydrogens is 252 g/mol. The Hall–Kier alpha value is -1.39. The molecular formula is C16H22N2O2. The van der Waals surface area contributed by atoms with E-state index >= 15 is 0 Å². The first-order valence-corrected chi connectivity index (χ1v) is 7.45. The molecule has 3 atom stereocenters. The monoisotopic (exact) mass is 274 g/mol. The molecule has 0 aromatic heterocycles. The summed E-state index contributed by atoms with van der Waals surface area (Å²) in [5.74, 6) is 0.490. The molecule has 1 fully saturated rings. The molecule has 3 unspecified atom stereocenters. The minimum Gasteiger partial charge on any atom is -0.376 e. The van der Waals surface area contributed by atoms with E-state index in [1.807, 2.05) is 6.07 Å². The molecule has 0 radical (unpaired) electrons. The van der Waals surface area contributed by atoms with Crippen molar-refractivity contribution in [3.63, 3.8) is 0 Å². The van der Waals surface area contributed by atoms with E-state index in [1.54, 1.807) is 0 Å². The van der Waals surface area contributed by atoms with Crippen LogP contribution in [0.15, 0.2) is 18.2 Å². The van der Waals surface area contributed by atoms with Crippen LogP contribution in [0.25, 0.3) is 0 Å². The van der Waals surface area contributed by atoms with Crippen LogP contribution in [0.2, 0.25) is 0 Å². The van der Waals surface area contributed by atoms with E-state index < -0.39 is 0 Å². The number of benzene rings is 1. The van der Waals surface area contributed by atoms with Gasteiger partial charge in [0.25, 0.3) is 5.91 Å². The number of nitrogens with one attached hydrogen (secondary N) is 1. The topological polar surface area (TPSA) is 64.3 Å². The molecule has 0 bridgehead atoms. The van der Waals surface area contributed by atoms with E-state index in [4.69, 9.17) is 10.5 Å². The van der Waals surface area contributed by atoms with Crippen molar-refractivity contribution in [1.82, 2.24) is 5.32 Å². The van der Waals surface area contributed by atoms with Crippen molar-refractivity contribution in [1.29, 1.82) is 0 Å². The van der Waals surface area contributed by atoms with Gasteiger partial charge in [0, 0.05) is 18.7 Å². The van der Waals surface area contributed by atoms with Gasteiger partial charge in [-0.25, -0.2) is 0 Å². The summed E-state index contributed by atoms with van der Waals surface area (Å²) in [4.78, 5) is 12.1. The standard InChI is InChI=1S/C16H22N2O2/c1-10-6-8-20-15(10)14(17)12-5-4-11-3-2-7-18-16(19)13(11)9-12/h4-5,9-10,14-15H,2-3,6-8,17H2,1H3,(H,18,19). The first-order valence-electron chi connectivity index (χ1n) is 7.45. The third kappa shape index (κ3) is 2.45. The lowest BCUT2D eigenvalue weighted by Crippen LogP contribution is -2.30. The maximum atomic E-state index is 12.1. The van der Waals surface area contributed by atoms with Gasteiger partial charge in [-0.2, -0.15) is 0 Å². The number of rotatable bonds is 2. The molecule has 2 heterocycles. The number of aryl methyl sites for hydroxylation is 1. The Morgan fingerprint density at radius 3 is 3.05 bits per heavy atom. The second-order valence-corrected chi connectivity index (χ2v) is 5.90. The van der Waals surface area contributed by atoms with Crippen LogP contribution in [0.4, 0.5) is 0 Å². The van der Waals surface area contributed by atoms with E-state index in [1.165, 1.54) is 0 Å². The van der Waals surface area contributed by atoms with E-state index in [-0.39, 0.29) is 18.1 Å². The summed E-state index contributed by atoms with van der Waals surface area (Å²) in [6.45, 7) is 3.70. The normalized spacial score (nSPS) is 27.6. The van der Waals surface area contributed by atoms with Gasteiger partial charge < -0.3 is 15.8 Å². The fourth-order valence-electron chi connectivity index (χ4n) is 3.17. The molecule has 0 saturated carbocycles. The molecule has 0 spiro atoms. The van der Waals surface area contributed by atoms with Crippen LogP contribution in [0.3, 0.4) is 0 Å². The van der Waals surface area contributed by atoms with E-state index in [0.717, 1.165) is 49.1 Å². The van der Waals surface area contributed by atoms with Gasteiger partial charge in [0.2, 0.25) is 0 Å². The van der Waals surface area contributed by atoms with Gasteiger partial charge in [0.15, 0.2) is 0 Å². The largest absolute Gasteiger partial charge is 0.376 e. The molecule has 3 rings (SSSR count). The van der Waals surface area contributed by atoms with Crippen molar-refractivity contribution < 1.29 is 9.53 Å². The molecule has 20 heavy (non-hydrogen) atoms. The van der Waals surface area contributed by atoms with Crippen LogP contribution in [0, 0.1) is 5.92 Å². The Morgan fingerprint density at radius 2 is 2.30 bits per heavy atom. The van der Waals surface area contributed by atoms with Crippen molar-refractivity contribution >= 4 is 5.91 Å². The second kappa shape index (κ2) is 5.54. The highest BCUT2D eigenvalue weighted by atomic mass is 16.5. The summed E-state index contributed by atoms with van der Waals surface area (Å²) in [7, 11) is 0. The summed E-state index contributed by atoms with van der Waals surface area (Å²) in [5, 5.41) is 2.93. The lowest BCUT2D eigenvalue weighted by molar-refractivity contribution is 0.0724. The van der Waals surface area contributed by atoms with E-state index in [9.17, 15) is 4.79 Å². The van der Waals surface area contributed by atoms with Gasteiger partial charge in [-0.15, -0.1) is 0 Å². The highest BCUT2D eigenvalue weighted by molar-refractivity contribution is 5.96. The molecule has 1 amide bonds. The molecule has 0 aliphatic carbocycles. The number of nitrogens with two attached hydrogens (primary N) is 1. The molecule has 3 N–H and O–H groups in total. The van der Waals surface area contributed by atoms with Gasteiger partial charge >= 0.3 is 0 Å². The van der Waals surface area contributed by atoms with Gasteiger partial charge in [0.05, 0.1) is 12.1 Å². The predicted molar refractivity (Wildman–Crippen MR) is 77.5 cm³/mol. The SMILES string of the molecule is CC1CCOC1C(N)c1ccc2c(c1)C(=O)NCCC2. The minimum absolute atomic E-state index is 0.0203. The van der Waals surface area contributed by atoms with Crippen molar-refractivity contribution in [3.05, 3.63) is 34.9 Å². The average Bonchev–Trinajstić information content (AvgIpc) is 2.79. The molecule has 1 aromatic rings. The summed E-state index contributed by atoms with van der Waals surface area (Å²) in [6.07, 6.45) is 3.05. The van der Waals surface area contributed by atoms with E-state index in [2.05, 4.69) is 24.4 Å². The lowest BCUT2D eigenvalue weighted by atomic mass is 9.90. The zero-order valence-electron chi connectivity index (χ0n) is 11.9. The highest BCUT2D eigenvalue weighted by Gasteiger charge is 2.31. The minimum atomic E-state index is -0.158. The first kappa shape index (κ1) is 13.6. The molecule has 108 valence electrons. The quantitative estimate of drug-likeness (QED) is 0.864. The number of fused-ring (bicyclic) bond motifs is 1. The van der Waals surface area contributed by atoms with Crippen molar-refractivity contribution in [2.24, 2.45) is 11.7 Å². The van der Waals surface area contributed by atoms with Crippen LogP contribution in [0.5, 0.6) is 0 Å². The summed E-state index contributed by atoms with van der Waals surface area (Å²) >= 11 is 0. The Kier molecular flexibility index (Phi) is 3.76. The summed E-state index contributed by atoms with van der Waals surface area (Å²) in [6, 6.07) is 5.90. The van der Waals surface area contributed by atoms with Crippen molar-refractivity contribution in [3.8, 4) is 0 Å². The average molecular weight is 274 g/mol. The number of carbonyl (C=O) groups is 1. The highest BCUT2D eigenvalue weighted by Crippen LogP contribution is 2.30. The summed E-state index contributed by atoms with van der Waals surface area (Å²) < 4.78 is 5.75. The van der Waals surface area contributed by atoms with Crippen molar-refractivity contribution in [2.45, 2.75) is 38.3 Å². The Morgan fingerprint density at radius 1 is 1.45 bits per heavy atom. The molecule has 1 saturated heterocycles. The van der Waals surface area contributed by atoms with Crippen LogP contribution in [-0.4, -0.2) is 25.2 Å². The Labute approximate surface area is 119 Å². The number of ether oxygens (including phenoxy) is 1. The molecule has 2 aliphatic rings. The van der Waals surface area contributed by atoms with Crippen LogP contribution >= 0.6 is 0 Å². The number of carbonyl (C=O) groups excluding carboxylic acids is 1. The summed E-state index contributed by atoms with van der Waals surface area (Å²) in [5.41, 5.74) is 9.25. The molecule has 1 aromatic carbocycles. The van der Waals surface area contributed by atoms with Gasteiger partial charge in [-0.05, 0) is 42.4 Å². The predicted octanol–water partition coefficient (Wildman–Crippen LogP) is 1.79. The smallest absolute Gasteiger partial charge is 0.251 e. The number of hydrogen-bond donors (Lipinski definition) is 2. The fraction of sp³-hybridized carbons (Fsp3) is 0.562. The zero-order chi connectivity index (χ0) is 14.1. The van der Waals surface area contributed by atoms with Crippen LogP contribution in [0.1, 0.15) is 47.3 Å². The maximum Gasteiger partial charge on any atom is 0.251 e. The fourth-order valence-corrected chi connectivity index (χ4v) is 3.17. The van der Waals surface area contributed by atoms with E-state index in [0.29, 0.717) is 5.92 Å². The molecule has 4 heteroatoms. The number of hydrogen-bond acceptors (Lipinski definition) is 3. The lowest BCUT2D eigenvalue weighted by Gasteiger charge is -2.23. The van der Waals surface area contributed by atoms with Crippen LogP contribution in [-0.2, 0) is 11.2 Å². The Bertz CT molecular complexity index is 515. The van der Waals surface area contributed by atoms with Gasteiger partial charge in [-0.1, -0.05) is 19.1 Å². The first-order chi connectivity index (χ1) is 9.66. The molecule has 2 aliphatic heterocycles. The molecule has 4 nitrogen and oxygen atoms in total.